The number of pyridine rings is 1. The molecule has 0 unspecified atom stereocenters. The molecule has 0 aliphatic heterocycles. The largest absolute Gasteiger partial charge is 0.320 e. The first-order valence-electron chi connectivity index (χ1n) is 9.03. The van der Waals surface area contributed by atoms with Crippen LogP contribution in [0.3, 0.4) is 0 Å². The van der Waals surface area contributed by atoms with Crippen LogP contribution in [-0.2, 0) is 4.84 Å². The minimum Gasteiger partial charge on any atom is -0.320 e. The van der Waals surface area contributed by atoms with Crippen molar-refractivity contribution in [1.82, 2.24) is 25.8 Å². The molecule has 0 atom stereocenters. The van der Waals surface area contributed by atoms with E-state index in [4.69, 9.17) is 28.0 Å². The van der Waals surface area contributed by atoms with Gasteiger partial charge >= 0.3 is 0 Å². The van der Waals surface area contributed by atoms with Crippen molar-refractivity contribution in [1.29, 1.82) is 0 Å². The number of rotatable bonds is 8. The predicted octanol–water partition coefficient (Wildman–Crippen LogP) is 4.03. The van der Waals surface area contributed by atoms with Crippen LogP contribution in [0.15, 0.2) is 41.1 Å². The Kier molecular flexibility index (Phi) is 8.15. The van der Waals surface area contributed by atoms with Crippen LogP contribution in [0.25, 0.3) is 5.82 Å². The molecule has 0 spiro atoms. The van der Waals surface area contributed by atoms with Crippen molar-refractivity contribution in [3.05, 3.63) is 68.0 Å². The minimum absolute atomic E-state index is 0.0562. The summed E-state index contributed by atoms with van der Waals surface area (Å²) in [5.74, 6) is -0.983. The van der Waals surface area contributed by atoms with E-state index in [1.165, 1.54) is 23.0 Å². The summed E-state index contributed by atoms with van der Waals surface area (Å²) >= 11 is 15.5. The number of amides is 2. The lowest BCUT2D eigenvalue weighted by Crippen LogP contribution is -2.38. The van der Waals surface area contributed by atoms with Gasteiger partial charge in [0.1, 0.15) is 17.0 Å². The van der Waals surface area contributed by atoms with E-state index in [0.29, 0.717) is 15.2 Å². The zero-order valence-corrected chi connectivity index (χ0v) is 19.6. The molecule has 0 aliphatic carbocycles. The number of nitrogens with one attached hydrogen (secondary N) is 3. The Morgan fingerprint density at radius 3 is 2.75 bits per heavy atom. The minimum atomic E-state index is -0.732. The maximum atomic E-state index is 13.1. The Morgan fingerprint density at radius 1 is 1.25 bits per heavy atom. The van der Waals surface area contributed by atoms with Crippen LogP contribution in [0.5, 0.6) is 0 Å². The van der Waals surface area contributed by atoms with Gasteiger partial charge in [-0.1, -0.05) is 23.2 Å². The summed E-state index contributed by atoms with van der Waals surface area (Å²) < 4.78 is 13.8. The predicted molar refractivity (Wildman–Crippen MR) is 121 cm³/mol. The lowest BCUT2D eigenvalue weighted by Gasteiger charge is -2.15. The molecule has 0 saturated heterocycles. The van der Waals surface area contributed by atoms with Crippen LogP contribution in [0.4, 0.5) is 10.1 Å². The molecule has 0 bridgehead atoms. The van der Waals surface area contributed by atoms with Crippen LogP contribution >= 0.6 is 39.1 Å². The molecule has 0 saturated carbocycles. The summed E-state index contributed by atoms with van der Waals surface area (Å²) in [5.41, 5.74) is 5.30. The topological polar surface area (TPSA) is 110 Å². The van der Waals surface area contributed by atoms with Gasteiger partial charge in [0.15, 0.2) is 5.82 Å². The van der Waals surface area contributed by atoms with Gasteiger partial charge in [-0.25, -0.2) is 14.1 Å². The number of aryl methyl sites for hydroxylation is 1. The van der Waals surface area contributed by atoms with Crippen molar-refractivity contribution in [3.63, 3.8) is 0 Å². The number of carbonyl (C=O) groups excluding carboxylic acids is 2. The Hall–Kier alpha value is -2.57. The molecule has 9 nitrogen and oxygen atoms in total. The number of halogens is 4. The number of benzene rings is 1. The molecule has 3 N–H and O–H groups in total. The second-order valence-electron chi connectivity index (χ2n) is 6.27. The number of hydrazine groups is 1. The third kappa shape index (κ3) is 5.61. The standard InChI is InChI=1S/C19H16BrCl2FN6O3/c1-10-7-11(21)8-12(18(30)26-28-32-6-4-23)16(10)25-19(31)14-9-15(20)27-29(14)17-13(22)3-2-5-24-17/h2-3,5,7-9,28H,4,6H2,1H3,(H,25,31)(H,26,30). The monoisotopic (exact) mass is 544 g/mol. The molecular weight excluding hydrogens is 530 g/mol. The number of aromatic nitrogens is 3. The van der Waals surface area contributed by atoms with Gasteiger partial charge in [0.25, 0.3) is 11.8 Å². The van der Waals surface area contributed by atoms with E-state index in [2.05, 4.69) is 42.3 Å². The van der Waals surface area contributed by atoms with Crippen molar-refractivity contribution in [3.8, 4) is 5.82 Å². The van der Waals surface area contributed by atoms with Crippen molar-refractivity contribution < 1.29 is 18.8 Å². The van der Waals surface area contributed by atoms with E-state index in [9.17, 15) is 14.0 Å². The molecule has 32 heavy (non-hydrogen) atoms. The summed E-state index contributed by atoms with van der Waals surface area (Å²) in [4.78, 5) is 34.6. The highest BCUT2D eigenvalue weighted by atomic mass is 79.9. The summed E-state index contributed by atoms with van der Waals surface area (Å²) in [6.45, 7) is 0.686. The van der Waals surface area contributed by atoms with Gasteiger partial charge in [-0.3, -0.25) is 19.9 Å². The lowest BCUT2D eigenvalue weighted by molar-refractivity contribution is 0.00556. The zero-order valence-electron chi connectivity index (χ0n) is 16.5. The average molecular weight is 546 g/mol. The second-order valence-corrected chi connectivity index (χ2v) is 7.92. The smallest absolute Gasteiger partial charge is 0.274 e. The summed E-state index contributed by atoms with van der Waals surface area (Å²) in [5, 5.41) is 7.50. The third-order valence-corrected chi connectivity index (χ3v) is 4.95. The molecule has 2 heterocycles. The fourth-order valence-corrected chi connectivity index (χ4v) is 3.56. The highest BCUT2D eigenvalue weighted by Crippen LogP contribution is 2.27. The quantitative estimate of drug-likeness (QED) is 0.291. The number of alkyl halides is 1. The summed E-state index contributed by atoms with van der Waals surface area (Å²) in [6, 6.07) is 7.71. The van der Waals surface area contributed by atoms with Crippen LogP contribution in [-0.4, -0.2) is 39.9 Å². The fraction of sp³-hybridized carbons (Fsp3) is 0.158. The summed E-state index contributed by atoms with van der Waals surface area (Å²) in [6.07, 6.45) is 1.52. The van der Waals surface area contributed by atoms with E-state index in [0.717, 1.165) is 0 Å². The Bertz CT molecular complexity index is 1160. The lowest BCUT2D eigenvalue weighted by atomic mass is 10.1. The molecule has 168 valence electrons. The number of nitrogens with zero attached hydrogens (tertiary/aromatic N) is 3. The molecule has 3 aromatic rings. The highest BCUT2D eigenvalue weighted by molar-refractivity contribution is 9.10. The van der Waals surface area contributed by atoms with E-state index in [1.807, 2.05) is 0 Å². The van der Waals surface area contributed by atoms with Gasteiger partial charge in [-0.05, 0) is 52.7 Å². The first-order valence-corrected chi connectivity index (χ1v) is 10.6. The van der Waals surface area contributed by atoms with Gasteiger partial charge in [0.2, 0.25) is 0 Å². The SMILES string of the molecule is Cc1cc(Cl)cc(C(=O)NNOCCF)c1NC(=O)c1cc(Br)nn1-c1ncccc1Cl. The van der Waals surface area contributed by atoms with Gasteiger partial charge in [0.05, 0.1) is 22.9 Å². The van der Waals surface area contributed by atoms with Gasteiger partial charge in [-0.15, -0.1) is 5.59 Å². The van der Waals surface area contributed by atoms with Crippen LogP contribution < -0.4 is 16.3 Å². The fourth-order valence-electron chi connectivity index (χ4n) is 2.71. The van der Waals surface area contributed by atoms with Crippen molar-refractivity contribution >= 4 is 56.6 Å². The molecule has 13 heteroatoms. The number of hydrogen-bond acceptors (Lipinski definition) is 6. The molecule has 3 rings (SSSR count). The summed E-state index contributed by atoms with van der Waals surface area (Å²) in [7, 11) is 0. The van der Waals surface area contributed by atoms with E-state index in [-0.39, 0.29) is 34.4 Å². The van der Waals surface area contributed by atoms with Crippen LogP contribution in [0.2, 0.25) is 10.0 Å². The normalized spacial score (nSPS) is 10.8. The molecule has 1 aromatic carbocycles. The average Bonchev–Trinajstić information content (AvgIpc) is 3.14. The van der Waals surface area contributed by atoms with Gasteiger partial charge in [-0.2, -0.15) is 5.10 Å². The Balaban J connectivity index is 1.92. The maximum absolute atomic E-state index is 13.1. The van der Waals surface area contributed by atoms with Crippen LogP contribution in [0, 0.1) is 6.92 Å². The molecule has 0 radical (unpaired) electrons. The Morgan fingerprint density at radius 2 is 2.03 bits per heavy atom. The van der Waals surface area contributed by atoms with Crippen molar-refractivity contribution in [2.75, 3.05) is 18.6 Å². The van der Waals surface area contributed by atoms with Crippen LogP contribution in [0.1, 0.15) is 26.4 Å². The first-order chi connectivity index (χ1) is 15.3. The van der Waals surface area contributed by atoms with Crippen molar-refractivity contribution in [2.45, 2.75) is 6.92 Å². The first kappa shape index (κ1) is 24.1. The molecular formula is C19H16BrCl2FN6O3. The Labute approximate surface area is 200 Å². The molecule has 0 aliphatic rings. The van der Waals surface area contributed by atoms with E-state index in [1.54, 1.807) is 25.1 Å². The third-order valence-electron chi connectivity index (χ3n) is 4.05. The number of carbonyl (C=O) groups is 2. The number of anilines is 1. The van der Waals surface area contributed by atoms with Gasteiger partial charge in [0, 0.05) is 17.3 Å². The maximum Gasteiger partial charge on any atom is 0.274 e. The highest BCUT2D eigenvalue weighted by Gasteiger charge is 2.22. The number of hydrogen-bond donors (Lipinski definition) is 3. The zero-order chi connectivity index (χ0) is 23.3. The molecule has 2 aromatic heterocycles. The van der Waals surface area contributed by atoms with Crippen molar-refractivity contribution in [2.24, 2.45) is 0 Å². The van der Waals surface area contributed by atoms with E-state index >= 15 is 0 Å². The molecule has 2 amide bonds. The van der Waals surface area contributed by atoms with Gasteiger partial charge < -0.3 is 5.32 Å². The second kappa shape index (κ2) is 10.8. The molecule has 0 fully saturated rings. The van der Waals surface area contributed by atoms with E-state index < -0.39 is 18.5 Å².